The third-order valence-corrected chi connectivity index (χ3v) is 4.10. The van der Waals surface area contributed by atoms with Crippen LogP contribution in [-0.2, 0) is 17.8 Å². The largest absolute Gasteiger partial charge is 0.508 e. The molecular weight excluding hydrogens is 315 g/mol. The van der Waals surface area contributed by atoms with Gasteiger partial charge in [0.05, 0.1) is 13.2 Å². The maximum absolute atomic E-state index is 14.5. The van der Waals surface area contributed by atoms with Crippen LogP contribution in [-0.4, -0.2) is 11.7 Å². The Kier molecular flexibility index (Phi) is 7.20. The molecule has 134 valence electrons. The maximum atomic E-state index is 14.5. The van der Waals surface area contributed by atoms with Crippen LogP contribution in [0.3, 0.4) is 0 Å². The molecule has 2 nitrogen and oxygen atoms in total. The van der Waals surface area contributed by atoms with Gasteiger partial charge in [-0.25, -0.2) is 4.39 Å². The molecule has 0 fully saturated rings. The Morgan fingerprint density at radius 3 is 2.64 bits per heavy atom. The van der Waals surface area contributed by atoms with Gasteiger partial charge in [0.1, 0.15) is 11.6 Å². The van der Waals surface area contributed by atoms with Crippen LogP contribution >= 0.6 is 0 Å². The number of halogens is 1. The summed E-state index contributed by atoms with van der Waals surface area (Å²) in [7, 11) is 0. The molecule has 0 heterocycles. The minimum atomic E-state index is -0.228. The van der Waals surface area contributed by atoms with Crippen LogP contribution in [0.5, 0.6) is 5.75 Å². The predicted molar refractivity (Wildman–Crippen MR) is 101 cm³/mol. The second-order valence-corrected chi connectivity index (χ2v) is 6.56. The summed E-state index contributed by atoms with van der Waals surface area (Å²) in [5.74, 6) is -0.0736. The van der Waals surface area contributed by atoms with Crippen LogP contribution in [0.4, 0.5) is 4.39 Å². The Bertz CT molecular complexity index is 722. The van der Waals surface area contributed by atoms with Gasteiger partial charge < -0.3 is 9.84 Å². The molecule has 2 aromatic rings. The molecule has 0 saturated heterocycles. The molecule has 1 N–H and O–H groups in total. The van der Waals surface area contributed by atoms with E-state index in [0.717, 1.165) is 42.4 Å². The third-order valence-electron chi connectivity index (χ3n) is 4.10. The van der Waals surface area contributed by atoms with Gasteiger partial charge >= 0.3 is 0 Å². The van der Waals surface area contributed by atoms with Crippen LogP contribution in [0.25, 0.3) is 11.1 Å². The number of aromatic hydroxyl groups is 1. The highest BCUT2D eigenvalue weighted by atomic mass is 19.1. The number of unbranched alkanes of at least 4 members (excludes halogenated alkanes) is 2. The molecule has 0 bridgehead atoms. The van der Waals surface area contributed by atoms with Gasteiger partial charge in [0.2, 0.25) is 0 Å². The van der Waals surface area contributed by atoms with Crippen molar-refractivity contribution in [3.8, 4) is 16.9 Å². The number of benzene rings is 2. The van der Waals surface area contributed by atoms with Gasteiger partial charge in [0.15, 0.2) is 0 Å². The number of ether oxygens (including phenoxy) is 1. The first kappa shape index (κ1) is 19.2. The second-order valence-electron chi connectivity index (χ2n) is 6.56. The zero-order valence-corrected chi connectivity index (χ0v) is 15.1. The lowest BCUT2D eigenvalue weighted by atomic mass is 9.99. The smallest absolute Gasteiger partial charge is 0.131 e. The molecule has 0 atom stereocenters. The quantitative estimate of drug-likeness (QED) is 0.446. The zero-order valence-electron chi connectivity index (χ0n) is 15.1. The standard InChI is InChI=1S/C22H27FO2/c1-4-5-6-7-17-8-10-20(21(23)12-17)18-9-11-22(24)19(13-18)15-25-14-16(2)3/h8-13,24H,2,4-7,14-15H2,1,3H3. The molecule has 0 aliphatic carbocycles. The molecule has 0 aromatic heterocycles. The van der Waals surface area contributed by atoms with Gasteiger partial charge in [0, 0.05) is 11.1 Å². The van der Waals surface area contributed by atoms with Crippen LogP contribution in [0.1, 0.15) is 44.2 Å². The zero-order chi connectivity index (χ0) is 18.2. The van der Waals surface area contributed by atoms with Gasteiger partial charge in [-0.05, 0) is 49.1 Å². The Balaban J connectivity index is 2.16. The van der Waals surface area contributed by atoms with Crippen LogP contribution in [0.2, 0.25) is 0 Å². The van der Waals surface area contributed by atoms with E-state index in [-0.39, 0.29) is 18.2 Å². The maximum Gasteiger partial charge on any atom is 0.131 e. The predicted octanol–water partition coefficient (Wildman–Crippen LogP) is 6.02. The summed E-state index contributed by atoms with van der Waals surface area (Å²) in [4.78, 5) is 0. The first-order chi connectivity index (χ1) is 12.0. The molecule has 0 unspecified atom stereocenters. The molecule has 2 aromatic carbocycles. The highest BCUT2D eigenvalue weighted by molar-refractivity contribution is 5.66. The number of hydrogen-bond donors (Lipinski definition) is 1. The molecule has 0 aliphatic rings. The molecule has 3 heteroatoms. The van der Waals surface area contributed by atoms with Gasteiger partial charge in [0.25, 0.3) is 0 Å². The lowest BCUT2D eigenvalue weighted by Gasteiger charge is -2.11. The first-order valence-corrected chi connectivity index (χ1v) is 8.84. The third kappa shape index (κ3) is 5.71. The number of hydrogen-bond acceptors (Lipinski definition) is 2. The molecule has 0 aliphatic heterocycles. The van der Waals surface area contributed by atoms with Crippen molar-refractivity contribution in [2.75, 3.05) is 6.61 Å². The summed E-state index contributed by atoms with van der Waals surface area (Å²) in [6, 6.07) is 10.5. The highest BCUT2D eigenvalue weighted by Gasteiger charge is 2.10. The van der Waals surface area contributed by atoms with Crippen LogP contribution < -0.4 is 0 Å². The van der Waals surface area contributed by atoms with Crippen molar-refractivity contribution in [3.63, 3.8) is 0 Å². The van der Waals surface area contributed by atoms with E-state index in [1.54, 1.807) is 24.3 Å². The Morgan fingerprint density at radius 2 is 1.96 bits per heavy atom. The van der Waals surface area contributed by atoms with E-state index in [0.29, 0.717) is 17.7 Å². The van der Waals surface area contributed by atoms with Crippen molar-refractivity contribution in [3.05, 3.63) is 65.5 Å². The van der Waals surface area contributed by atoms with E-state index in [1.807, 2.05) is 19.1 Å². The van der Waals surface area contributed by atoms with E-state index < -0.39 is 0 Å². The van der Waals surface area contributed by atoms with Crippen molar-refractivity contribution >= 4 is 0 Å². The summed E-state index contributed by atoms with van der Waals surface area (Å²) >= 11 is 0. The molecule has 0 saturated carbocycles. The summed E-state index contributed by atoms with van der Waals surface area (Å²) in [5.41, 5.74) is 3.87. The van der Waals surface area contributed by atoms with E-state index >= 15 is 0 Å². The molecular formula is C22H27FO2. The topological polar surface area (TPSA) is 29.5 Å². The van der Waals surface area contributed by atoms with Crippen molar-refractivity contribution in [1.82, 2.24) is 0 Å². The summed E-state index contributed by atoms with van der Waals surface area (Å²) < 4.78 is 20.0. The average Bonchev–Trinajstić information content (AvgIpc) is 2.57. The van der Waals surface area contributed by atoms with Gasteiger partial charge in [-0.2, -0.15) is 0 Å². The van der Waals surface area contributed by atoms with Crippen molar-refractivity contribution in [1.29, 1.82) is 0 Å². The van der Waals surface area contributed by atoms with E-state index in [4.69, 9.17) is 4.74 Å². The monoisotopic (exact) mass is 342 g/mol. The first-order valence-electron chi connectivity index (χ1n) is 8.84. The highest BCUT2D eigenvalue weighted by Crippen LogP contribution is 2.29. The molecule has 0 radical (unpaired) electrons. The minimum absolute atomic E-state index is 0.155. The summed E-state index contributed by atoms with van der Waals surface area (Å²) in [5, 5.41) is 9.98. The normalized spacial score (nSPS) is 10.8. The fourth-order valence-electron chi connectivity index (χ4n) is 2.73. The lowest BCUT2D eigenvalue weighted by molar-refractivity contribution is 0.141. The fraction of sp³-hybridized carbons (Fsp3) is 0.364. The lowest BCUT2D eigenvalue weighted by Crippen LogP contribution is -1.97. The van der Waals surface area contributed by atoms with Gasteiger partial charge in [-0.3, -0.25) is 0 Å². The number of aryl methyl sites for hydroxylation is 1. The second kappa shape index (κ2) is 9.38. The van der Waals surface area contributed by atoms with E-state index in [1.165, 1.54) is 0 Å². The van der Waals surface area contributed by atoms with Crippen molar-refractivity contribution < 1.29 is 14.2 Å². The van der Waals surface area contributed by atoms with Gasteiger partial charge in [-0.1, -0.05) is 50.1 Å². The van der Waals surface area contributed by atoms with Crippen LogP contribution in [0, 0.1) is 5.82 Å². The molecule has 2 rings (SSSR count). The van der Waals surface area contributed by atoms with Crippen LogP contribution in [0.15, 0.2) is 48.6 Å². The number of phenols is 1. The minimum Gasteiger partial charge on any atom is -0.508 e. The van der Waals surface area contributed by atoms with E-state index in [9.17, 15) is 9.50 Å². The fourth-order valence-corrected chi connectivity index (χ4v) is 2.73. The van der Waals surface area contributed by atoms with Crippen molar-refractivity contribution in [2.45, 2.75) is 46.1 Å². The SMILES string of the molecule is C=C(C)COCc1cc(-c2ccc(CCCCC)cc2F)ccc1O. The number of phenolic OH excluding ortho intramolecular Hbond substituents is 1. The summed E-state index contributed by atoms with van der Waals surface area (Å²) in [6.07, 6.45) is 4.30. The molecule has 0 amide bonds. The summed E-state index contributed by atoms with van der Waals surface area (Å²) in [6.45, 7) is 8.53. The van der Waals surface area contributed by atoms with Gasteiger partial charge in [-0.15, -0.1) is 0 Å². The Hall–Kier alpha value is -2.13. The van der Waals surface area contributed by atoms with E-state index in [2.05, 4.69) is 13.5 Å². The Labute approximate surface area is 150 Å². The molecule has 25 heavy (non-hydrogen) atoms. The molecule has 0 spiro atoms. The average molecular weight is 342 g/mol. The number of rotatable bonds is 9. The Morgan fingerprint density at radius 1 is 1.16 bits per heavy atom. The van der Waals surface area contributed by atoms with Crippen molar-refractivity contribution in [2.24, 2.45) is 0 Å².